The van der Waals surface area contributed by atoms with Gasteiger partial charge < -0.3 is 10.1 Å². The van der Waals surface area contributed by atoms with E-state index in [2.05, 4.69) is 5.32 Å². The first-order valence-electron chi connectivity index (χ1n) is 2.28. The zero-order valence-electron chi connectivity index (χ0n) is 4.74. The molecule has 1 heterocycles. The van der Waals surface area contributed by atoms with E-state index < -0.39 is 0 Å². The topological polar surface area (TPSA) is 21.3 Å². The van der Waals surface area contributed by atoms with Crippen LogP contribution >= 0.6 is 0 Å². The van der Waals surface area contributed by atoms with Crippen LogP contribution in [0.1, 0.15) is 0 Å². The average molecular weight is 110 g/mol. The maximum absolute atomic E-state index is 5.01. The fourth-order valence-corrected chi connectivity index (χ4v) is 0.516. The number of morpholine rings is 1. The molecule has 0 amide bonds. The zero-order chi connectivity index (χ0) is 4.24. The van der Waals surface area contributed by atoms with E-state index in [0.29, 0.717) is 0 Å². The Balaban J connectivity index is 0.000000360. The van der Waals surface area contributed by atoms with Crippen LogP contribution in [0, 0.1) is 0 Å². The van der Waals surface area contributed by atoms with Crippen molar-refractivity contribution in [3.63, 3.8) is 0 Å². The summed E-state index contributed by atoms with van der Waals surface area (Å²) in [4.78, 5) is 0. The van der Waals surface area contributed by atoms with Gasteiger partial charge in [-0.3, -0.25) is 0 Å². The van der Waals surface area contributed by atoms with Crippen molar-refractivity contribution in [2.45, 2.75) is 0 Å². The Kier molecular flexibility index (Phi) is 5.73. The average Bonchev–Trinajstić information content (AvgIpc) is 1.72. The molecule has 0 saturated carbocycles. The molecule has 7 heavy (non-hydrogen) atoms. The van der Waals surface area contributed by atoms with Crippen molar-refractivity contribution in [3.05, 3.63) is 0 Å². The van der Waals surface area contributed by atoms with Crippen molar-refractivity contribution in [1.29, 1.82) is 0 Å². The molecule has 2 nitrogen and oxygen atoms in total. The van der Waals surface area contributed by atoms with E-state index in [1.54, 1.807) is 0 Å². The molecule has 0 radical (unpaired) electrons. The van der Waals surface area contributed by atoms with Gasteiger partial charge in [-0.1, -0.05) is 0 Å². The minimum atomic E-state index is 0. The maximum atomic E-state index is 5.01. The predicted molar refractivity (Wildman–Crippen MR) is 23.7 cm³/mol. The molecule has 0 spiro atoms. The molecule has 0 aromatic rings. The Morgan fingerprint density at radius 3 is 1.86 bits per heavy atom. The Bertz CT molecular complexity index is 27.2. The third-order valence-corrected chi connectivity index (χ3v) is 0.846. The van der Waals surface area contributed by atoms with Crippen molar-refractivity contribution in [3.8, 4) is 0 Å². The van der Waals surface area contributed by atoms with Gasteiger partial charge in [-0.05, 0) is 0 Å². The quantitative estimate of drug-likeness (QED) is 0.328. The maximum Gasteiger partial charge on any atom is 1.00 e. The standard InChI is InChI=1S/C4H9NO.Na/c1-3-6-4-2-5-1;/h5H,1-4H2;/q;+1. The van der Waals surface area contributed by atoms with Crippen LogP contribution < -0.4 is 34.9 Å². The van der Waals surface area contributed by atoms with Crippen LogP contribution in [0.5, 0.6) is 0 Å². The van der Waals surface area contributed by atoms with Crippen molar-refractivity contribution < 1.29 is 34.3 Å². The zero-order valence-corrected chi connectivity index (χ0v) is 6.74. The molecule has 0 aliphatic carbocycles. The van der Waals surface area contributed by atoms with Gasteiger partial charge in [-0.2, -0.15) is 0 Å². The molecule has 1 saturated heterocycles. The van der Waals surface area contributed by atoms with Crippen LogP contribution in [-0.4, -0.2) is 26.3 Å². The van der Waals surface area contributed by atoms with E-state index in [4.69, 9.17) is 4.74 Å². The summed E-state index contributed by atoms with van der Waals surface area (Å²) in [5.41, 5.74) is 0. The van der Waals surface area contributed by atoms with Gasteiger partial charge in [0.05, 0.1) is 13.2 Å². The molecule has 1 aliphatic heterocycles. The number of ether oxygens (including phenoxy) is 1. The first kappa shape index (κ1) is 7.92. The van der Waals surface area contributed by atoms with Crippen molar-refractivity contribution in [2.75, 3.05) is 26.3 Å². The van der Waals surface area contributed by atoms with E-state index in [-0.39, 0.29) is 29.6 Å². The summed E-state index contributed by atoms with van der Waals surface area (Å²) < 4.78 is 5.01. The van der Waals surface area contributed by atoms with E-state index in [9.17, 15) is 0 Å². The fraction of sp³-hybridized carbons (Fsp3) is 1.00. The Morgan fingerprint density at radius 1 is 1.14 bits per heavy atom. The molecule has 1 aliphatic rings. The van der Waals surface area contributed by atoms with Crippen molar-refractivity contribution in [2.24, 2.45) is 0 Å². The number of rotatable bonds is 0. The Morgan fingerprint density at radius 2 is 1.71 bits per heavy atom. The molecule has 0 unspecified atom stereocenters. The smallest absolute Gasteiger partial charge is 0.379 e. The molecular weight excluding hydrogens is 101 g/mol. The van der Waals surface area contributed by atoms with Crippen molar-refractivity contribution in [1.82, 2.24) is 5.32 Å². The van der Waals surface area contributed by atoms with Crippen LogP contribution in [0.15, 0.2) is 0 Å². The first-order valence-corrected chi connectivity index (χ1v) is 2.28. The van der Waals surface area contributed by atoms with Crippen LogP contribution in [0.3, 0.4) is 0 Å². The first-order chi connectivity index (χ1) is 3.00. The second kappa shape index (κ2) is 5.06. The van der Waals surface area contributed by atoms with Crippen LogP contribution in [0.4, 0.5) is 0 Å². The van der Waals surface area contributed by atoms with Gasteiger partial charge in [0.1, 0.15) is 0 Å². The van der Waals surface area contributed by atoms with Gasteiger partial charge in [0.15, 0.2) is 0 Å². The summed E-state index contributed by atoms with van der Waals surface area (Å²) in [5.74, 6) is 0. The minimum Gasteiger partial charge on any atom is -0.379 e. The molecule has 1 rings (SSSR count). The fourth-order valence-electron chi connectivity index (χ4n) is 0.516. The third kappa shape index (κ3) is 3.50. The van der Waals surface area contributed by atoms with E-state index >= 15 is 0 Å². The number of hydrogen-bond acceptors (Lipinski definition) is 2. The SMILES string of the molecule is C1COCCN1.[Na+]. The van der Waals surface area contributed by atoms with Gasteiger partial charge >= 0.3 is 29.6 Å². The van der Waals surface area contributed by atoms with E-state index in [1.807, 2.05) is 0 Å². The largest absolute Gasteiger partial charge is 1.00 e. The molecule has 0 aromatic heterocycles. The number of hydrogen-bond donors (Lipinski definition) is 1. The summed E-state index contributed by atoms with van der Waals surface area (Å²) >= 11 is 0. The minimum absolute atomic E-state index is 0. The van der Waals surface area contributed by atoms with Crippen LogP contribution in [0.25, 0.3) is 0 Å². The summed E-state index contributed by atoms with van der Waals surface area (Å²) in [5, 5.41) is 3.16. The molecule has 1 N–H and O–H groups in total. The Hall–Kier alpha value is 0.920. The second-order valence-electron chi connectivity index (χ2n) is 1.36. The van der Waals surface area contributed by atoms with Gasteiger partial charge in [0, 0.05) is 13.1 Å². The van der Waals surface area contributed by atoms with Gasteiger partial charge in [-0.15, -0.1) is 0 Å². The molecular formula is C4H9NNaO+. The molecule has 36 valence electrons. The third-order valence-electron chi connectivity index (χ3n) is 0.846. The molecule has 1 fully saturated rings. The predicted octanol–water partition coefficient (Wildman–Crippen LogP) is -3.39. The van der Waals surface area contributed by atoms with Crippen molar-refractivity contribution >= 4 is 0 Å². The number of nitrogens with one attached hydrogen (secondary N) is 1. The Labute approximate surface area is 65.9 Å². The monoisotopic (exact) mass is 110 g/mol. The molecule has 0 bridgehead atoms. The van der Waals surface area contributed by atoms with Crippen LogP contribution in [-0.2, 0) is 4.74 Å². The second-order valence-corrected chi connectivity index (χ2v) is 1.36. The van der Waals surface area contributed by atoms with Gasteiger partial charge in [-0.25, -0.2) is 0 Å². The van der Waals surface area contributed by atoms with E-state index in [1.165, 1.54) is 0 Å². The summed E-state index contributed by atoms with van der Waals surface area (Å²) in [6.07, 6.45) is 0. The summed E-state index contributed by atoms with van der Waals surface area (Å²) in [6.45, 7) is 3.83. The summed E-state index contributed by atoms with van der Waals surface area (Å²) in [7, 11) is 0. The molecule has 0 atom stereocenters. The normalized spacial score (nSPS) is 20.6. The summed E-state index contributed by atoms with van der Waals surface area (Å²) in [6, 6.07) is 0. The van der Waals surface area contributed by atoms with Gasteiger partial charge in [0.2, 0.25) is 0 Å². The van der Waals surface area contributed by atoms with Crippen LogP contribution in [0.2, 0.25) is 0 Å². The van der Waals surface area contributed by atoms with E-state index in [0.717, 1.165) is 26.3 Å². The van der Waals surface area contributed by atoms with Gasteiger partial charge in [0.25, 0.3) is 0 Å². The molecule has 0 aromatic carbocycles. The molecule has 3 heteroatoms.